The fourth-order valence-corrected chi connectivity index (χ4v) is 4.55. The number of carboxylic acids is 1. The normalized spacial score (nSPS) is 24.3. The monoisotopic (exact) mass is 618 g/mol. The first-order valence-corrected chi connectivity index (χ1v) is 14.6. The Hall–Kier alpha value is -2.89. The van der Waals surface area contributed by atoms with Crippen LogP contribution in [0.15, 0.2) is 0 Å². The van der Waals surface area contributed by atoms with Gasteiger partial charge >= 0.3 is 5.97 Å². The minimum absolute atomic E-state index is 0.00560. The number of aliphatic hydroxyl groups excluding tert-OH is 2. The summed E-state index contributed by atoms with van der Waals surface area (Å²) >= 11 is 0. The van der Waals surface area contributed by atoms with Gasteiger partial charge in [0.1, 0.15) is 23.9 Å². The molecule has 0 saturated carbocycles. The second kappa shape index (κ2) is 19.4. The van der Waals surface area contributed by atoms with Crippen molar-refractivity contribution in [3.63, 3.8) is 0 Å². The highest BCUT2D eigenvalue weighted by Gasteiger charge is 2.59. The van der Waals surface area contributed by atoms with Crippen LogP contribution in [0.3, 0.4) is 0 Å². The van der Waals surface area contributed by atoms with Crippen LogP contribution >= 0.6 is 0 Å². The largest absolute Gasteiger partial charge is 0.481 e. The van der Waals surface area contributed by atoms with Crippen LogP contribution in [-0.2, 0) is 42.9 Å². The zero-order valence-electron chi connectivity index (χ0n) is 24.6. The van der Waals surface area contributed by atoms with Gasteiger partial charge in [0.15, 0.2) is 6.29 Å². The highest BCUT2D eigenvalue weighted by Crippen LogP contribution is 2.37. The first-order valence-electron chi connectivity index (χ1n) is 14.6. The lowest BCUT2D eigenvalue weighted by atomic mass is 9.88. The predicted octanol–water partition coefficient (Wildman–Crippen LogP) is -2.07. The number of carbonyl (C=O) groups is 5. The van der Waals surface area contributed by atoms with Crippen molar-refractivity contribution in [2.45, 2.75) is 88.4 Å². The lowest BCUT2D eigenvalue weighted by Crippen LogP contribution is -2.66. The number of amides is 4. The van der Waals surface area contributed by atoms with Crippen LogP contribution in [-0.4, -0.2) is 128 Å². The average Bonchev–Trinajstić information content (AvgIpc) is 3.35. The van der Waals surface area contributed by atoms with Crippen LogP contribution in [0.4, 0.5) is 0 Å². The van der Waals surface area contributed by atoms with Crippen molar-refractivity contribution < 1.29 is 58.2 Å². The zero-order chi connectivity index (χ0) is 31.7. The van der Waals surface area contributed by atoms with Crippen LogP contribution in [0.2, 0.25) is 0 Å². The molecule has 2 rings (SSSR count). The van der Waals surface area contributed by atoms with Gasteiger partial charge in [-0.3, -0.25) is 24.0 Å². The summed E-state index contributed by atoms with van der Waals surface area (Å²) in [5.74, 6) is -1.85. The summed E-state index contributed by atoms with van der Waals surface area (Å²) < 4.78 is 22.2. The van der Waals surface area contributed by atoms with Gasteiger partial charge in [-0.05, 0) is 25.7 Å². The van der Waals surface area contributed by atoms with Crippen molar-refractivity contribution >= 4 is 29.6 Å². The van der Waals surface area contributed by atoms with Gasteiger partial charge in [-0.25, -0.2) is 0 Å². The number of carboxylic acid groups (broad SMARTS) is 1. The Bertz CT molecular complexity index is 922. The smallest absolute Gasteiger partial charge is 0.303 e. The van der Waals surface area contributed by atoms with Gasteiger partial charge < -0.3 is 55.5 Å². The van der Waals surface area contributed by atoms with Gasteiger partial charge in [-0.1, -0.05) is 0 Å². The molecule has 43 heavy (non-hydrogen) atoms. The first kappa shape index (κ1) is 36.3. The summed E-state index contributed by atoms with van der Waals surface area (Å²) in [6, 6.07) is -0.873. The van der Waals surface area contributed by atoms with Crippen molar-refractivity contribution in [3.8, 4) is 0 Å². The van der Waals surface area contributed by atoms with Crippen LogP contribution in [0, 0.1) is 0 Å². The van der Waals surface area contributed by atoms with E-state index in [1.54, 1.807) is 0 Å². The van der Waals surface area contributed by atoms with Crippen molar-refractivity contribution in [2.75, 3.05) is 52.7 Å². The summed E-state index contributed by atoms with van der Waals surface area (Å²) in [5.41, 5.74) is -1.22. The summed E-state index contributed by atoms with van der Waals surface area (Å²) in [5, 5.41) is 40.2. The second-order valence-corrected chi connectivity index (χ2v) is 10.5. The first-order chi connectivity index (χ1) is 20.5. The Labute approximate surface area is 250 Å². The van der Waals surface area contributed by atoms with Crippen LogP contribution in [0.5, 0.6) is 0 Å². The lowest BCUT2D eigenvalue weighted by molar-refractivity contribution is -0.237. The van der Waals surface area contributed by atoms with Crippen LogP contribution in [0.25, 0.3) is 0 Å². The average molecular weight is 619 g/mol. The molecule has 0 aromatic carbocycles. The van der Waals surface area contributed by atoms with E-state index in [4.69, 9.17) is 24.1 Å². The molecule has 7 N–H and O–H groups in total. The van der Waals surface area contributed by atoms with Crippen LogP contribution in [0.1, 0.15) is 58.3 Å². The third-order valence-corrected chi connectivity index (χ3v) is 6.86. The van der Waals surface area contributed by atoms with Gasteiger partial charge in [0.25, 0.3) is 0 Å². The molecule has 2 bridgehead atoms. The number of unbranched alkanes of at least 4 members (excludes halogenated alkanes) is 1. The van der Waals surface area contributed by atoms with E-state index in [9.17, 15) is 34.2 Å². The van der Waals surface area contributed by atoms with E-state index in [1.165, 1.54) is 6.92 Å². The van der Waals surface area contributed by atoms with E-state index in [1.807, 2.05) is 0 Å². The predicted molar refractivity (Wildman–Crippen MR) is 148 cm³/mol. The number of aliphatic hydroxyl groups is 2. The maximum Gasteiger partial charge on any atom is 0.303 e. The summed E-state index contributed by atoms with van der Waals surface area (Å²) in [4.78, 5) is 57.1. The van der Waals surface area contributed by atoms with Gasteiger partial charge in [0.05, 0.1) is 26.4 Å². The molecule has 2 heterocycles. The highest BCUT2D eigenvalue weighted by molar-refractivity contribution is 5.77. The Kier molecular flexibility index (Phi) is 16.4. The molecule has 0 aromatic rings. The standard InChI is InChI=1S/C27H46N4O12/c1-18(32)31-23-24(38)25(39)27(17-42-26(23)43-27)16-41-13-3-2-6-19(33)28-10-5-11-29-21(35)9-14-40-15-12-30-20(34)7-4-8-22(36)37/h23-26,38-39H,2-17H2,1H3,(H,28,33)(H,29,35)(H,30,34)(H,31,32)(H,36,37)/t23-,24-,25-,26+,27+/m1/s1. The Morgan fingerprint density at radius 2 is 1.44 bits per heavy atom. The molecule has 16 heteroatoms. The Morgan fingerprint density at radius 1 is 0.791 bits per heavy atom. The number of aliphatic carboxylic acids is 1. The molecule has 0 spiro atoms. The number of fused-ring (bicyclic) bond motifs is 2. The molecule has 5 atom stereocenters. The van der Waals surface area contributed by atoms with E-state index >= 15 is 0 Å². The summed E-state index contributed by atoms with van der Waals surface area (Å²) in [6.45, 7) is 3.17. The number of hydrogen-bond donors (Lipinski definition) is 7. The molecule has 0 aromatic heterocycles. The van der Waals surface area contributed by atoms with E-state index in [2.05, 4.69) is 21.3 Å². The van der Waals surface area contributed by atoms with E-state index < -0.39 is 36.1 Å². The molecule has 2 saturated heterocycles. The van der Waals surface area contributed by atoms with Gasteiger partial charge in [0, 0.05) is 58.8 Å². The summed E-state index contributed by atoms with van der Waals surface area (Å²) in [6.07, 6.45) is -0.853. The molecule has 16 nitrogen and oxygen atoms in total. The molecule has 0 radical (unpaired) electrons. The molecule has 0 aliphatic carbocycles. The van der Waals surface area contributed by atoms with Crippen molar-refractivity contribution in [3.05, 3.63) is 0 Å². The fourth-order valence-electron chi connectivity index (χ4n) is 4.55. The number of nitrogens with one attached hydrogen (secondary N) is 4. The molecule has 2 fully saturated rings. The molecule has 2 aliphatic heterocycles. The zero-order valence-corrected chi connectivity index (χ0v) is 24.6. The van der Waals surface area contributed by atoms with E-state index in [0.29, 0.717) is 45.4 Å². The maximum absolute atomic E-state index is 12.0. The molecular weight excluding hydrogens is 572 g/mol. The topological polar surface area (TPSA) is 231 Å². The number of rotatable bonds is 22. The second-order valence-electron chi connectivity index (χ2n) is 10.5. The fraction of sp³-hybridized carbons (Fsp3) is 0.815. The van der Waals surface area contributed by atoms with Crippen molar-refractivity contribution in [1.29, 1.82) is 0 Å². The van der Waals surface area contributed by atoms with Gasteiger partial charge in [-0.15, -0.1) is 0 Å². The lowest BCUT2D eigenvalue weighted by Gasteiger charge is -2.42. The van der Waals surface area contributed by atoms with Crippen molar-refractivity contribution in [2.24, 2.45) is 0 Å². The molecule has 0 unspecified atom stereocenters. The molecule has 4 amide bonds. The SMILES string of the molecule is CC(=O)N[C@H]1[C@H]2OC[C@](COCCCCC(=O)NCCCNC(=O)CCOCCNC(=O)CCCC(=O)O)(O2)[C@H](O)[C@@H]1O. The van der Waals surface area contributed by atoms with E-state index in [0.717, 1.165) is 0 Å². The number of ether oxygens (including phenoxy) is 4. The van der Waals surface area contributed by atoms with Gasteiger partial charge in [-0.2, -0.15) is 0 Å². The third-order valence-electron chi connectivity index (χ3n) is 6.86. The highest BCUT2D eigenvalue weighted by atomic mass is 16.7. The maximum atomic E-state index is 12.0. The van der Waals surface area contributed by atoms with Crippen LogP contribution < -0.4 is 21.3 Å². The Balaban J connectivity index is 1.41. The van der Waals surface area contributed by atoms with Crippen molar-refractivity contribution in [1.82, 2.24) is 21.3 Å². The Morgan fingerprint density at radius 3 is 2.12 bits per heavy atom. The van der Waals surface area contributed by atoms with E-state index in [-0.39, 0.29) is 82.3 Å². The molecule has 2 aliphatic rings. The number of carbonyl (C=O) groups excluding carboxylic acids is 4. The minimum atomic E-state index is -1.30. The number of hydrogen-bond acceptors (Lipinski definition) is 11. The minimum Gasteiger partial charge on any atom is -0.481 e. The summed E-state index contributed by atoms with van der Waals surface area (Å²) in [7, 11) is 0. The quantitative estimate of drug-likeness (QED) is 0.0649. The molecular formula is C27H46N4O12. The third kappa shape index (κ3) is 13.5. The molecule has 246 valence electrons. The van der Waals surface area contributed by atoms with Gasteiger partial charge in [0.2, 0.25) is 23.6 Å².